The number of rotatable bonds is 13. The molecule has 0 aliphatic heterocycles. The Morgan fingerprint density at radius 1 is 0.800 bits per heavy atom. The van der Waals surface area contributed by atoms with Crippen molar-refractivity contribution in [2.75, 3.05) is 33.0 Å². The molecule has 20 heavy (non-hydrogen) atoms. The second-order valence-corrected chi connectivity index (χ2v) is 4.81. The average molecular weight is 292 g/mol. The van der Waals surface area contributed by atoms with E-state index in [2.05, 4.69) is 6.92 Å². The molecule has 1 atom stereocenters. The van der Waals surface area contributed by atoms with Crippen molar-refractivity contribution in [1.29, 1.82) is 0 Å². The van der Waals surface area contributed by atoms with Crippen LogP contribution in [-0.2, 0) is 9.47 Å². The van der Waals surface area contributed by atoms with Crippen LogP contribution in [0.5, 0.6) is 0 Å². The number of aliphatic hydroxyl groups excluding tert-OH is 2. The van der Waals surface area contributed by atoms with E-state index in [0.717, 1.165) is 19.6 Å². The molecule has 1 unspecified atom stereocenters. The maximum Gasteiger partial charge on any atom is 0.100 e. The summed E-state index contributed by atoms with van der Waals surface area (Å²) in [6, 6.07) is 0. The quantitative estimate of drug-likeness (QED) is 0.512. The van der Waals surface area contributed by atoms with Crippen molar-refractivity contribution < 1.29 is 19.7 Å². The summed E-state index contributed by atoms with van der Waals surface area (Å²) in [6.07, 6.45) is 8.15. The van der Waals surface area contributed by atoms with E-state index in [4.69, 9.17) is 19.7 Å². The minimum atomic E-state index is -0.713. The molecule has 0 saturated carbocycles. The van der Waals surface area contributed by atoms with E-state index in [-0.39, 0.29) is 13.2 Å². The molecule has 0 aromatic carbocycles. The summed E-state index contributed by atoms with van der Waals surface area (Å²) in [5.74, 6) is 0. The average Bonchev–Trinajstić information content (AvgIpc) is 2.46. The van der Waals surface area contributed by atoms with Crippen LogP contribution in [0.15, 0.2) is 0 Å². The van der Waals surface area contributed by atoms with Crippen LogP contribution in [0.3, 0.4) is 0 Å². The third-order valence-electron chi connectivity index (χ3n) is 2.82. The molecular formula is C16H36O4. The van der Waals surface area contributed by atoms with Gasteiger partial charge in [-0.25, -0.2) is 0 Å². The molecule has 0 saturated heterocycles. The third kappa shape index (κ3) is 23.0. The van der Waals surface area contributed by atoms with Gasteiger partial charge in [0.2, 0.25) is 0 Å². The van der Waals surface area contributed by atoms with E-state index in [1.165, 1.54) is 38.5 Å². The van der Waals surface area contributed by atoms with E-state index in [1.54, 1.807) is 0 Å². The normalized spacial score (nSPS) is 11.8. The molecule has 0 aromatic rings. The van der Waals surface area contributed by atoms with Gasteiger partial charge < -0.3 is 19.7 Å². The lowest BCUT2D eigenvalue weighted by Gasteiger charge is -2.07. The van der Waals surface area contributed by atoms with Crippen LogP contribution in [0, 0.1) is 0 Å². The summed E-state index contributed by atoms with van der Waals surface area (Å²) in [5, 5.41) is 17.5. The minimum absolute atomic E-state index is 0.211. The Hall–Kier alpha value is -0.160. The zero-order valence-corrected chi connectivity index (χ0v) is 13.8. The Balaban J connectivity index is 0. The first-order valence-corrected chi connectivity index (χ1v) is 8.17. The molecule has 0 bridgehead atoms. The fourth-order valence-corrected chi connectivity index (χ4v) is 1.64. The molecule has 0 fully saturated rings. The molecule has 0 aliphatic rings. The summed E-state index contributed by atoms with van der Waals surface area (Å²) in [4.78, 5) is 0. The van der Waals surface area contributed by atoms with Gasteiger partial charge in [-0.15, -0.1) is 0 Å². The molecule has 0 rings (SSSR count). The number of hydrogen-bond acceptors (Lipinski definition) is 4. The van der Waals surface area contributed by atoms with Crippen LogP contribution in [0.4, 0.5) is 0 Å². The second kappa shape index (κ2) is 21.1. The van der Waals surface area contributed by atoms with E-state index in [9.17, 15) is 0 Å². The van der Waals surface area contributed by atoms with Crippen molar-refractivity contribution in [3.8, 4) is 0 Å². The van der Waals surface area contributed by atoms with Crippen molar-refractivity contribution >= 4 is 0 Å². The number of aliphatic hydroxyl groups is 2. The maximum absolute atomic E-state index is 8.98. The van der Waals surface area contributed by atoms with E-state index in [0.29, 0.717) is 6.61 Å². The lowest BCUT2D eigenvalue weighted by atomic mass is 10.1. The molecular weight excluding hydrogens is 256 g/mol. The first-order chi connectivity index (χ1) is 9.72. The van der Waals surface area contributed by atoms with Gasteiger partial charge in [-0.2, -0.15) is 0 Å². The zero-order valence-electron chi connectivity index (χ0n) is 13.8. The molecule has 0 amide bonds. The Kier molecular flexibility index (Phi) is 23.4. The van der Waals surface area contributed by atoms with Crippen molar-refractivity contribution in [3.63, 3.8) is 0 Å². The van der Waals surface area contributed by atoms with Crippen LogP contribution >= 0.6 is 0 Å². The maximum atomic E-state index is 8.98. The van der Waals surface area contributed by atoms with Gasteiger partial charge in [0.1, 0.15) is 6.10 Å². The zero-order chi connectivity index (χ0) is 15.5. The highest BCUT2D eigenvalue weighted by molar-refractivity contribution is 4.49. The SMILES string of the molecule is CCCCCCCCCOCC(O)CO.CCOCC. The van der Waals surface area contributed by atoms with Crippen molar-refractivity contribution in [3.05, 3.63) is 0 Å². The van der Waals surface area contributed by atoms with Gasteiger partial charge in [-0.05, 0) is 20.3 Å². The van der Waals surface area contributed by atoms with Gasteiger partial charge in [0.15, 0.2) is 0 Å². The van der Waals surface area contributed by atoms with Gasteiger partial charge in [0.05, 0.1) is 13.2 Å². The monoisotopic (exact) mass is 292 g/mol. The van der Waals surface area contributed by atoms with Crippen LogP contribution in [-0.4, -0.2) is 49.4 Å². The van der Waals surface area contributed by atoms with Crippen LogP contribution < -0.4 is 0 Å². The standard InChI is InChI=1S/C12H26O3.C4H10O/c1-2-3-4-5-6-7-8-9-15-11-12(14)10-13;1-3-5-4-2/h12-14H,2-11H2,1H3;3-4H2,1-2H3. The van der Waals surface area contributed by atoms with Crippen molar-refractivity contribution in [2.45, 2.75) is 71.8 Å². The van der Waals surface area contributed by atoms with Crippen LogP contribution in [0.1, 0.15) is 65.7 Å². The van der Waals surface area contributed by atoms with Crippen LogP contribution in [0.25, 0.3) is 0 Å². The molecule has 2 N–H and O–H groups in total. The number of hydrogen-bond donors (Lipinski definition) is 2. The van der Waals surface area contributed by atoms with Gasteiger partial charge in [-0.3, -0.25) is 0 Å². The van der Waals surface area contributed by atoms with Gasteiger partial charge in [0.25, 0.3) is 0 Å². The fraction of sp³-hybridized carbons (Fsp3) is 1.00. The molecule has 0 radical (unpaired) electrons. The highest BCUT2D eigenvalue weighted by atomic mass is 16.5. The van der Waals surface area contributed by atoms with E-state index >= 15 is 0 Å². The molecule has 4 nitrogen and oxygen atoms in total. The van der Waals surface area contributed by atoms with Crippen LogP contribution in [0.2, 0.25) is 0 Å². The number of ether oxygens (including phenoxy) is 2. The van der Waals surface area contributed by atoms with E-state index in [1.807, 2.05) is 13.8 Å². The molecule has 0 spiro atoms. The lowest BCUT2D eigenvalue weighted by Crippen LogP contribution is -2.19. The largest absolute Gasteiger partial charge is 0.394 e. The third-order valence-corrected chi connectivity index (χ3v) is 2.82. The Morgan fingerprint density at radius 2 is 1.35 bits per heavy atom. The summed E-state index contributed by atoms with van der Waals surface area (Å²) < 4.78 is 10.0. The highest BCUT2D eigenvalue weighted by Gasteiger charge is 2.00. The van der Waals surface area contributed by atoms with Crippen molar-refractivity contribution in [1.82, 2.24) is 0 Å². The summed E-state index contributed by atoms with van der Waals surface area (Å²) in [7, 11) is 0. The molecule has 4 heteroatoms. The second-order valence-electron chi connectivity index (χ2n) is 4.81. The first kappa shape index (κ1) is 22.1. The predicted octanol–water partition coefficient (Wildman–Crippen LogP) is 3.15. The Labute approximate surface area is 125 Å². The molecule has 124 valence electrons. The smallest absolute Gasteiger partial charge is 0.100 e. The Bertz CT molecular complexity index is 151. The summed E-state index contributed by atoms with van der Waals surface area (Å²) in [5.41, 5.74) is 0. The highest BCUT2D eigenvalue weighted by Crippen LogP contribution is 2.06. The van der Waals surface area contributed by atoms with Crippen molar-refractivity contribution in [2.24, 2.45) is 0 Å². The molecule has 0 heterocycles. The molecule has 0 aromatic heterocycles. The lowest BCUT2D eigenvalue weighted by molar-refractivity contribution is 0.00526. The fourth-order valence-electron chi connectivity index (χ4n) is 1.64. The Morgan fingerprint density at radius 3 is 1.80 bits per heavy atom. The first-order valence-electron chi connectivity index (χ1n) is 8.17. The van der Waals surface area contributed by atoms with Gasteiger partial charge >= 0.3 is 0 Å². The van der Waals surface area contributed by atoms with Gasteiger partial charge in [0, 0.05) is 19.8 Å². The minimum Gasteiger partial charge on any atom is -0.394 e. The topological polar surface area (TPSA) is 58.9 Å². The van der Waals surface area contributed by atoms with E-state index < -0.39 is 6.10 Å². The molecule has 0 aliphatic carbocycles. The summed E-state index contributed by atoms with van der Waals surface area (Å²) in [6.45, 7) is 8.63. The summed E-state index contributed by atoms with van der Waals surface area (Å²) >= 11 is 0. The van der Waals surface area contributed by atoms with Gasteiger partial charge in [-0.1, -0.05) is 45.4 Å². The number of unbranched alkanes of at least 4 members (excludes halogenated alkanes) is 6. The predicted molar refractivity (Wildman–Crippen MR) is 84.1 cm³/mol.